The van der Waals surface area contributed by atoms with E-state index in [9.17, 15) is 14.4 Å². The van der Waals surface area contributed by atoms with Crippen LogP contribution in [0.5, 0.6) is 5.75 Å². The summed E-state index contributed by atoms with van der Waals surface area (Å²) in [5.74, 6) is -0.0683. The number of nitrogens with zero attached hydrogens (tertiary/aromatic N) is 2. The molecule has 0 spiro atoms. The molecule has 9 heteroatoms. The number of ether oxygens (including phenoxy) is 1. The van der Waals surface area contributed by atoms with Gasteiger partial charge in [-0.25, -0.2) is 0 Å². The van der Waals surface area contributed by atoms with Crippen molar-refractivity contribution in [3.05, 3.63) is 54.0 Å². The van der Waals surface area contributed by atoms with Crippen LogP contribution in [0.25, 0.3) is 0 Å². The van der Waals surface area contributed by atoms with E-state index in [2.05, 4.69) is 15.5 Å². The van der Waals surface area contributed by atoms with Gasteiger partial charge in [0.25, 0.3) is 5.91 Å². The fourth-order valence-corrected chi connectivity index (χ4v) is 3.16. The number of carbonyl (C=O) groups is 3. The van der Waals surface area contributed by atoms with Crippen molar-refractivity contribution in [1.82, 2.24) is 20.4 Å². The first-order valence-electron chi connectivity index (χ1n) is 9.81. The molecule has 0 aliphatic carbocycles. The minimum absolute atomic E-state index is 0.00108. The van der Waals surface area contributed by atoms with Gasteiger partial charge in [0.2, 0.25) is 0 Å². The van der Waals surface area contributed by atoms with Crippen molar-refractivity contribution in [3.8, 4) is 5.75 Å². The average molecular weight is 414 g/mol. The van der Waals surface area contributed by atoms with Crippen LogP contribution in [0.15, 0.2) is 47.1 Å². The lowest BCUT2D eigenvalue weighted by Crippen LogP contribution is -2.50. The molecule has 2 heterocycles. The zero-order chi connectivity index (χ0) is 21.3. The second-order valence-corrected chi connectivity index (χ2v) is 6.88. The van der Waals surface area contributed by atoms with E-state index in [1.807, 2.05) is 4.90 Å². The monoisotopic (exact) mass is 414 g/mol. The Hall–Kier alpha value is -3.33. The van der Waals surface area contributed by atoms with Gasteiger partial charge in [0, 0.05) is 44.8 Å². The Morgan fingerprint density at radius 1 is 1.00 bits per heavy atom. The number of amides is 3. The number of piperazine rings is 1. The summed E-state index contributed by atoms with van der Waals surface area (Å²) in [6.07, 6.45) is 1.51. The first kappa shape index (κ1) is 21.4. The highest BCUT2D eigenvalue weighted by atomic mass is 16.5. The van der Waals surface area contributed by atoms with Gasteiger partial charge in [-0.3, -0.25) is 19.3 Å². The molecular formula is C21H26N4O5. The molecule has 1 fully saturated rings. The van der Waals surface area contributed by atoms with Crippen LogP contribution in [0.1, 0.15) is 16.1 Å². The number of nitrogens with one attached hydrogen (secondary N) is 2. The van der Waals surface area contributed by atoms with Gasteiger partial charge < -0.3 is 24.7 Å². The minimum atomic E-state index is -0.693. The van der Waals surface area contributed by atoms with Crippen molar-refractivity contribution in [2.75, 3.05) is 46.4 Å². The van der Waals surface area contributed by atoms with Crippen molar-refractivity contribution in [3.63, 3.8) is 0 Å². The molecule has 160 valence electrons. The highest BCUT2D eigenvalue weighted by Gasteiger charge is 2.22. The van der Waals surface area contributed by atoms with Crippen LogP contribution in [0.2, 0.25) is 0 Å². The molecule has 0 radical (unpaired) electrons. The van der Waals surface area contributed by atoms with Crippen LogP contribution in [0, 0.1) is 0 Å². The van der Waals surface area contributed by atoms with Gasteiger partial charge in [-0.05, 0) is 36.4 Å². The Kier molecular flexibility index (Phi) is 7.45. The molecular weight excluding hydrogens is 388 g/mol. The van der Waals surface area contributed by atoms with Crippen LogP contribution in [0.4, 0.5) is 0 Å². The Labute approximate surface area is 175 Å². The van der Waals surface area contributed by atoms with E-state index >= 15 is 0 Å². The lowest BCUT2D eigenvalue weighted by atomic mass is 10.1. The van der Waals surface area contributed by atoms with E-state index in [-0.39, 0.29) is 12.5 Å². The predicted molar refractivity (Wildman–Crippen MR) is 109 cm³/mol. The van der Waals surface area contributed by atoms with Crippen LogP contribution in [-0.2, 0) is 16.1 Å². The molecule has 0 bridgehead atoms. The fourth-order valence-electron chi connectivity index (χ4n) is 3.16. The summed E-state index contributed by atoms with van der Waals surface area (Å²) in [6, 6.07) is 10.5. The van der Waals surface area contributed by atoms with E-state index in [0.29, 0.717) is 56.3 Å². The van der Waals surface area contributed by atoms with E-state index in [0.717, 1.165) is 0 Å². The van der Waals surface area contributed by atoms with Crippen LogP contribution in [-0.4, -0.2) is 73.9 Å². The minimum Gasteiger partial charge on any atom is -0.497 e. The van der Waals surface area contributed by atoms with Crippen molar-refractivity contribution in [2.45, 2.75) is 6.54 Å². The SMILES string of the molecule is COc1ccc(C(=O)N2CCN(CCNC(=O)C(=O)NCc3ccco3)CC2)cc1. The summed E-state index contributed by atoms with van der Waals surface area (Å²) < 4.78 is 10.2. The number of rotatable bonds is 7. The molecule has 1 aromatic carbocycles. The molecule has 1 saturated heterocycles. The van der Waals surface area contributed by atoms with Gasteiger partial charge in [-0.2, -0.15) is 0 Å². The highest BCUT2D eigenvalue weighted by molar-refractivity contribution is 6.35. The van der Waals surface area contributed by atoms with Crippen LogP contribution >= 0.6 is 0 Å². The largest absolute Gasteiger partial charge is 0.497 e. The summed E-state index contributed by atoms with van der Waals surface area (Å²) in [6.45, 7) is 3.79. The predicted octanol–water partition coefficient (Wildman–Crippen LogP) is 0.479. The molecule has 2 aromatic rings. The number of carbonyl (C=O) groups excluding carboxylic acids is 3. The molecule has 2 N–H and O–H groups in total. The molecule has 9 nitrogen and oxygen atoms in total. The number of hydrogen-bond acceptors (Lipinski definition) is 6. The summed E-state index contributed by atoms with van der Waals surface area (Å²) >= 11 is 0. The Morgan fingerprint density at radius 3 is 2.33 bits per heavy atom. The first-order chi connectivity index (χ1) is 14.6. The number of benzene rings is 1. The molecule has 3 rings (SSSR count). The average Bonchev–Trinajstić information content (AvgIpc) is 3.31. The van der Waals surface area contributed by atoms with Gasteiger partial charge in [0.15, 0.2) is 0 Å². The third-order valence-electron chi connectivity index (χ3n) is 4.92. The van der Waals surface area contributed by atoms with Crippen LogP contribution in [0.3, 0.4) is 0 Å². The summed E-state index contributed by atoms with van der Waals surface area (Å²) in [7, 11) is 1.59. The Morgan fingerprint density at radius 2 is 1.70 bits per heavy atom. The zero-order valence-electron chi connectivity index (χ0n) is 16.9. The molecule has 0 atom stereocenters. The van der Waals surface area contributed by atoms with E-state index < -0.39 is 11.8 Å². The maximum atomic E-state index is 12.6. The Balaban J connectivity index is 1.33. The maximum absolute atomic E-state index is 12.6. The first-order valence-corrected chi connectivity index (χ1v) is 9.81. The second kappa shape index (κ2) is 10.4. The fraction of sp³-hybridized carbons (Fsp3) is 0.381. The lowest BCUT2D eigenvalue weighted by molar-refractivity contribution is -0.139. The van der Waals surface area contributed by atoms with E-state index in [1.54, 1.807) is 43.5 Å². The quantitative estimate of drug-likeness (QED) is 0.639. The molecule has 0 unspecified atom stereocenters. The maximum Gasteiger partial charge on any atom is 0.309 e. The van der Waals surface area contributed by atoms with E-state index in [1.165, 1.54) is 6.26 Å². The lowest BCUT2D eigenvalue weighted by Gasteiger charge is -2.34. The normalized spacial score (nSPS) is 14.2. The number of furan rings is 1. The standard InChI is InChI=1S/C21H26N4O5/c1-29-17-6-4-16(5-7-17)21(28)25-12-10-24(11-13-25)9-8-22-19(26)20(27)23-15-18-3-2-14-30-18/h2-7,14H,8-13,15H2,1H3,(H,22,26)(H,23,27). The van der Waals surface area contributed by atoms with Crippen LogP contribution < -0.4 is 15.4 Å². The Bertz CT molecular complexity index is 843. The summed E-state index contributed by atoms with van der Waals surface area (Å²) in [4.78, 5) is 40.2. The summed E-state index contributed by atoms with van der Waals surface area (Å²) in [5, 5.41) is 5.12. The van der Waals surface area contributed by atoms with Gasteiger partial charge in [-0.1, -0.05) is 0 Å². The number of hydrogen-bond donors (Lipinski definition) is 2. The number of methoxy groups -OCH3 is 1. The second-order valence-electron chi connectivity index (χ2n) is 6.88. The summed E-state index contributed by atoms with van der Waals surface area (Å²) in [5.41, 5.74) is 0.636. The molecule has 30 heavy (non-hydrogen) atoms. The molecule has 1 aliphatic heterocycles. The van der Waals surface area contributed by atoms with Gasteiger partial charge in [0.05, 0.1) is 19.9 Å². The zero-order valence-corrected chi connectivity index (χ0v) is 16.9. The van der Waals surface area contributed by atoms with Gasteiger partial charge in [0.1, 0.15) is 11.5 Å². The van der Waals surface area contributed by atoms with Crippen molar-refractivity contribution >= 4 is 17.7 Å². The highest BCUT2D eigenvalue weighted by Crippen LogP contribution is 2.14. The third-order valence-corrected chi connectivity index (χ3v) is 4.92. The van der Waals surface area contributed by atoms with E-state index in [4.69, 9.17) is 9.15 Å². The molecule has 1 aromatic heterocycles. The van der Waals surface area contributed by atoms with Gasteiger partial charge >= 0.3 is 11.8 Å². The smallest absolute Gasteiger partial charge is 0.309 e. The topological polar surface area (TPSA) is 104 Å². The third kappa shape index (κ3) is 5.84. The van der Waals surface area contributed by atoms with Gasteiger partial charge in [-0.15, -0.1) is 0 Å². The molecule has 1 aliphatic rings. The molecule has 0 saturated carbocycles. The van der Waals surface area contributed by atoms with Crippen molar-refractivity contribution in [2.24, 2.45) is 0 Å². The van der Waals surface area contributed by atoms with Crippen molar-refractivity contribution < 1.29 is 23.5 Å². The van der Waals surface area contributed by atoms with Crippen molar-refractivity contribution in [1.29, 1.82) is 0 Å². The molecule has 3 amide bonds.